The minimum atomic E-state index is -2.14. The van der Waals surface area contributed by atoms with E-state index in [2.05, 4.69) is 15.5 Å². The number of amides is 1. The van der Waals surface area contributed by atoms with Crippen LogP contribution in [0.15, 0.2) is 40.2 Å². The minimum Gasteiger partial charge on any atom is -0.496 e. The molecule has 1 atom stereocenters. The molecule has 1 amide bonds. The van der Waals surface area contributed by atoms with Crippen molar-refractivity contribution in [3.63, 3.8) is 0 Å². The molecule has 12 nitrogen and oxygen atoms in total. The third-order valence-corrected chi connectivity index (χ3v) is 8.11. The molecule has 0 aliphatic rings. The highest BCUT2D eigenvalue weighted by atomic mass is 32.1. The molecule has 1 aromatic carbocycles. The molecule has 0 fully saturated rings. The molecule has 1 unspecified atom stereocenters. The molecule has 0 saturated heterocycles. The van der Waals surface area contributed by atoms with Gasteiger partial charge in [0.05, 0.1) is 31.4 Å². The first-order valence-corrected chi connectivity index (χ1v) is 13.6. The smallest absolute Gasteiger partial charge is 0.333 e. The highest BCUT2D eigenvalue weighted by Crippen LogP contribution is 2.37. The van der Waals surface area contributed by atoms with E-state index in [4.69, 9.17) is 4.74 Å². The average Bonchev–Trinajstić information content (AvgIpc) is 3.54. The van der Waals surface area contributed by atoms with Crippen molar-refractivity contribution in [3.05, 3.63) is 68.4 Å². The summed E-state index contributed by atoms with van der Waals surface area (Å²) in [7, 11) is 1.32. The standard InChI is InChI=1S/C27H31FN6O6S/c1-15(2)31-24(37)26(4,5)33-21(36)20-16(3)22(34-29-10-11-30-34)41-23(20)32(25(33)38)14-27(39,9-12-35)18-13-17(28)7-8-19(18)40-6/h7-8,10-13,15,39H,9,14H2,1-6H3,(H,31,37). The lowest BCUT2D eigenvalue weighted by Crippen LogP contribution is -2.57. The normalized spacial score (nSPS) is 13.4. The number of ether oxygens (including phenoxy) is 1. The highest BCUT2D eigenvalue weighted by Gasteiger charge is 2.39. The van der Waals surface area contributed by atoms with Crippen LogP contribution in [0.1, 0.15) is 45.2 Å². The molecule has 2 N–H and O–H groups in total. The summed E-state index contributed by atoms with van der Waals surface area (Å²) in [5.74, 6) is -1.18. The van der Waals surface area contributed by atoms with Crippen LogP contribution in [0.5, 0.6) is 5.75 Å². The summed E-state index contributed by atoms with van der Waals surface area (Å²) < 4.78 is 21.7. The fraction of sp³-hybridized carbons (Fsp3) is 0.407. The minimum absolute atomic E-state index is 0.0658. The van der Waals surface area contributed by atoms with Gasteiger partial charge in [0, 0.05) is 23.6 Å². The number of aromatic nitrogens is 5. The Morgan fingerprint density at radius 1 is 1.24 bits per heavy atom. The Morgan fingerprint density at radius 3 is 2.49 bits per heavy atom. The molecule has 0 bridgehead atoms. The van der Waals surface area contributed by atoms with Gasteiger partial charge in [0.15, 0.2) is 0 Å². The van der Waals surface area contributed by atoms with E-state index in [1.54, 1.807) is 20.8 Å². The summed E-state index contributed by atoms with van der Waals surface area (Å²) in [5, 5.41) is 23.4. The number of thiophene rings is 1. The first-order chi connectivity index (χ1) is 19.3. The van der Waals surface area contributed by atoms with E-state index in [9.17, 15) is 28.7 Å². The summed E-state index contributed by atoms with van der Waals surface area (Å²) in [6.45, 7) is 7.46. The summed E-state index contributed by atoms with van der Waals surface area (Å²) >= 11 is 1.02. The van der Waals surface area contributed by atoms with Gasteiger partial charge in [-0.05, 0) is 52.8 Å². The van der Waals surface area contributed by atoms with Gasteiger partial charge in [-0.15, -0.1) is 4.80 Å². The predicted octanol–water partition coefficient (Wildman–Crippen LogP) is 2.00. The first-order valence-electron chi connectivity index (χ1n) is 12.7. The summed E-state index contributed by atoms with van der Waals surface area (Å²) in [4.78, 5) is 54.7. The summed E-state index contributed by atoms with van der Waals surface area (Å²) in [5.41, 5.74) is -5.06. The van der Waals surface area contributed by atoms with Crippen molar-refractivity contribution in [1.29, 1.82) is 0 Å². The van der Waals surface area contributed by atoms with Crippen LogP contribution >= 0.6 is 11.3 Å². The molecule has 41 heavy (non-hydrogen) atoms. The van der Waals surface area contributed by atoms with Crippen LogP contribution < -0.4 is 21.3 Å². The Bertz CT molecular complexity index is 1740. The largest absolute Gasteiger partial charge is 0.496 e. The number of carbonyl (C=O) groups is 2. The molecule has 218 valence electrons. The van der Waals surface area contributed by atoms with E-state index in [-0.39, 0.29) is 27.6 Å². The molecule has 14 heteroatoms. The van der Waals surface area contributed by atoms with Crippen molar-refractivity contribution in [2.45, 2.75) is 64.8 Å². The second-order valence-corrected chi connectivity index (χ2v) is 11.5. The lowest BCUT2D eigenvalue weighted by molar-refractivity contribution is -0.129. The molecule has 4 aromatic rings. The van der Waals surface area contributed by atoms with Gasteiger partial charge in [-0.25, -0.2) is 13.8 Å². The third-order valence-electron chi connectivity index (χ3n) is 6.83. The van der Waals surface area contributed by atoms with Gasteiger partial charge in [-0.2, -0.15) is 10.2 Å². The molecular formula is C27H31FN6O6S. The number of methoxy groups -OCH3 is 1. The quantitative estimate of drug-likeness (QED) is 0.268. The molecular weight excluding hydrogens is 555 g/mol. The third kappa shape index (κ3) is 5.20. The number of nitrogens with zero attached hydrogens (tertiary/aromatic N) is 5. The molecule has 0 radical (unpaired) electrons. The second kappa shape index (κ2) is 11.0. The van der Waals surface area contributed by atoms with Crippen molar-refractivity contribution in [1.82, 2.24) is 29.4 Å². The van der Waals surface area contributed by atoms with E-state index < -0.39 is 47.1 Å². The maximum Gasteiger partial charge on any atom is 0.333 e. The van der Waals surface area contributed by atoms with Crippen LogP contribution in [0, 0.1) is 12.7 Å². The Balaban J connectivity index is 2.09. The molecule has 0 aliphatic heterocycles. The van der Waals surface area contributed by atoms with Gasteiger partial charge in [-0.3, -0.25) is 14.2 Å². The summed E-state index contributed by atoms with van der Waals surface area (Å²) in [6.07, 6.45) is 2.82. The molecule has 3 heterocycles. The zero-order chi connectivity index (χ0) is 30.3. The van der Waals surface area contributed by atoms with Gasteiger partial charge in [0.25, 0.3) is 5.56 Å². The van der Waals surface area contributed by atoms with Crippen molar-refractivity contribution >= 4 is 33.7 Å². The van der Waals surface area contributed by atoms with Crippen LogP contribution in [0.4, 0.5) is 4.39 Å². The highest BCUT2D eigenvalue weighted by molar-refractivity contribution is 7.21. The monoisotopic (exact) mass is 586 g/mol. The van der Waals surface area contributed by atoms with E-state index in [1.165, 1.54) is 44.2 Å². The number of aryl methyl sites for hydroxylation is 1. The average molecular weight is 587 g/mol. The lowest BCUT2D eigenvalue weighted by Gasteiger charge is -2.31. The maximum atomic E-state index is 14.4. The topological polar surface area (TPSA) is 150 Å². The summed E-state index contributed by atoms with van der Waals surface area (Å²) in [6, 6.07) is 3.19. The van der Waals surface area contributed by atoms with E-state index in [0.717, 1.165) is 32.6 Å². The molecule has 4 rings (SSSR count). The number of benzene rings is 1. The first kappa shape index (κ1) is 29.8. The number of aldehydes is 1. The van der Waals surface area contributed by atoms with E-state index in [0.29, 0.717) is 16.9 Å². The number of aliphatic hydroxyl groups is 1. The molecule has 0 saturated carbocycles. The van der Waals surface area contributed by atoms with E-state index in [1.807, 2.05) is 0 Å². The van der Waals surface area contributed by atoms with Gasteiger partial charge < -0.3 is 20.0 Å². The Hall–Kier alpha value is -4.17. The second-order valence-electron chi connectivity index (χ2n) is 10.5. The van der Waals surface area contributed by atoms with Crippen LogP contribution in [0.25, 0.3) is 15.2 Å². The number of rotatable bonds is 10. The SMILES string of the molecule is COc1ccc(F)cc1C(O)(CC=O)Cn1c(=O)n(C(C)(C)C(=O)NC(C)C)c(=O)c2c(C)c(-n3nccn3)sc21. The number of carbonyl (C=O) groups excluding carboxylic acids is 2. The number of hydrogen-bond acceptors (Lipinski definition) is 9. The maximum absolute atomic E-state index is 14.4. The Kier molecular flexibility index (Phi) is 8.00. The predicted molar refractivity (Wildman–Crippen MR) is 150 cm³/mol. The number of halogens is 1. The number of fused-ring (bicyclic) bond motifs is 1. The van der Waals surface area contributed by atoms with Crippen molar-refractivity contribution in [2.24, 2.45) is 0 Å². The zero-order valence-corrected chi connectivity index (χ0v) is 24.3. The Morgan fingerprint density at radius 2 is 1.90 bits per heavy atom. The van der Waals surface area contributed by atoms with Crippen LogP contribution in [-0.2, 0) is 27.3 Å². The fourth-order valence-electron chi connectivity index (χ4n) is 4.72. The molecule has 0 aliphatic carbocycles. The molecule has 0 spiro atoms. The van der Waals surface area contributed by atoms with E-state index >= 15 is 0 Å². The lowest BCUT2D eigenvalue weighted by atomic mass is 9.89. The van der Waals surface area contributed by atoms with Gasteiger partial charge in [-0.1, -0.05) is 11.3 Å². The van der Waals surface area contributed by atoms with Crippen molar-refractivity contribution < 1.29 is 23.8 Å². The van der Waals surface area contributed by atoms with Gasteiger partial charge >= 0.3 is 5.69 Å². The van der Waals surface area contributed by atoms with Gasteiger partial charge in [0.2, 0.25) is 5.91 Å². The Labute approximate surface area is 238 Å². The number of nitrogens with one attached hydrogen (secondary N) is 1. The fourth-order valence-corrected chi connectivity index (χ4v) is 5.93. The van der Waals surface area contributed by atoms with Crippen LogP contribution in [0.3, 0.4) is 0 Å². The molecule has 3 aromatic heterocycles. The number of hydrogen-bond donors (Lipinski definition) is 2. The van der Waals surface area contributed by atoms with Crippen LogP contribution in [-0.4, -0.2) is 54.6 Å². The van der Waals surface area contributed by atoms with Crippen molar-refractivity contribution in [2.75, 3.05) is 7.11 Å². The van der Waals surface area contributed by atoms with Gasteiger partial charge in [0.1, 0.15) is 38.8 Å². The van der Waals surface area contributed by atoms with Crippen molar-refractivity contribution in [3.8, 4) is 10.8 Å². The zero-order valence-electron chi connectivity index (χ0n) is 23.5. The van der Waals surface area contributed by atoms with Crippen LogP contribution in [0.2, 0.25) is 0 Å².